The van der Waals surface area contributed by atoms with Gasteiger partial charge in [0.25, 0.3) is 0 Å². The number of nitrogens with two attached hydrogens (primary N) is 1. The van der Waals surface area contributed by atoms with Crippen LogP contribution in [0.4, 0.5) is 4.39 Å². The van der Waals surface area contributed by atoms with E-state index in [9.17, 15) is 4.39 Å². The fourth-order valence-electron chi connectivity index (χ4n) is 2.09. The van der Waals surface area contributed by atoms with E-state index in [1.807, 2.05) is 19.9 Å². The van der Waals surface area contributed by atoms with Crippen molar-refractivity contribution in [2.75, 3.05) is 0 Å². The molecule has 1 aromatic heterocycles. The Bertz CT molecular complexity index is 536. The van der Waals surface area contributed by atoms with Gasteiger partial charge in [0, 0.05) is 5.56 Å². The van der Waals surface area contributed by atoms with Gasteiger partial charge in [-0.05, 0) is 49.6 Å². The Morgan fingerprint density at radius 1 is 1.33 bits per heavy atom. The van der Waals surface area contributed by atoms with Crippen LogP contribution in [0.25, 0.3) is 0 Å². The smallest absolute Gasteiger partial charge is 0.123 e. The van der Waals surface area contributed by atoms with Gasteiger partial charge in [0.05, 0.1) is 12.3 Å². The largest absolute Gasteiger partial charge is 0.469 e. The van der Waals surface area contributed by atoms with Crippen molar-refractivity contribution in [2.24, 2.45) is 5.84 Å². The van der Waals surface area contributed by atoms with Gasteiger partial charge < -0.3 is 4.42 Å². The molecule has 3 nitrogen and oxygen atoms in total. The highest BCUT2D eigenvalue weighted by Gasteiger charge is 2.16. The van der Waals surface area contributed by atoms with E-state index >= 15 is 0 Å². The van der Waals surface area contributed by atoms with E-state index in [1.165, 1.54) is 6.07 Å². The second-order valence-corrected chi connectivity index (χ2v) is 4.43. The monoisotopic (exact) mass is 248 g/mol. The Morgan fingerprint density at radius 3 is 2.72 bits per heavy atom. The van der Waals surface area contributed by atoms with Crippen LogP contribution in [0.5, 0.6) is 0 Å². The minimum Gasteiger partial charge on any atom is -0.469 e. The van der Waals surface area contributed by atoms with Crippen LogP contribution in [0.1, 0.15) is 28.5 Å². The Kier molecular flexibility index (Phi) is 3.79. The van der Waals surface area contributed by atoms with E-state index in [4.69, 9.17) is 10.3 Å². The maximum Gasteiger partial charge on any atom is 0.123 e. The molecule has 1 heterocycles. The molecule has 0 fully saturated rings. The number of aryl methyl sites for hydroxylation is 2. The van der Waals surface area contributed by atoms with Gasteiger partial charge in [-0.15, -0.1) is 0 Å². The lowest BCUT2D eigenvalue weighted by molar-refractivity contribution is 0.501. The fraction of sp³-hybridized carbons (Fsp3) is 0.286. The number of hydrazine groups is 1. The van der Waals surface area contributed by atoms with E-state index in [0.717, 1.165) is 22.5 Å². The lowest BCUT2D eigenvalue weighted by Crippen LogP contribution is -2.30. The molecule has 0 amide bonds. The van der Waals surface area contributed by atoms with Crippen molar-refractivity contribution >= 4 is 0 Å². The minimum absolute atomic E-state index is 0.0794. The molecule has 0 saturated heterocycles. The quantitative estimate of drug-likeness (QED) is 0.646. The topological polar surface area (TPSA) is 51.2 Å². The summed E-state index contributed by atoms with van der Waals surface area (Å²) in [5.41, 5.74) is 5.76. The van der Waals surface area contributed by atoms with E-state index in [-0.39, 0.29) is 11.9 Å². The lowest BCUT2D eigenvalue weighted by atomic mass is 9.97. The van der Waals surface area contributed by atoms with Crippen molar-refractivity contribution in [3.8, 4) is 0 Å². The highest BCUT2D eigenvalue weighted by Crippen LogP contribution is 2.23. The molecular weight excluding hydrogens is 231 g/mol. The van der Waals surface area contributed by atoms with Crippen LogP contribution >= 0.6 is 0 Å². The maximum atomic E-state index is 13.3. The third-order valence-electron chi connectivity index (χ3n) is 3.21. The molecule has 0 spiro atoms. The third kappa shape index (κ3) is 2.60. The van der Waals surface area contributed by atoms with Crippen molar-refractivity contribution in [2.45, 2.75) is 26.3 Å². The Labute approximate surface area is 106 Å². The molecule has 4 heteroatoms. The molecule has 1 atom stereocenters. The molecule has 2 aromatic rings. The van der Waals surface area contributed by atoms with Crippen molar-refractivity contribution in [1.29, 1.82) is 0 Å². The maximum absolute atomic E-state index is 13.3. The normalized spacial score (nSPS) is 12.7. The zero-order valence-corrected chi connectivity index (χ0v) is 10.5. The van der Waals surface area contributed by atoms with Gasteiger partial charge in [0.15, 0.2) is 0 Å². The van der Waals surface area contributed by atoms with Crippen LogP contribution in [-0.2, 0) is 6.42 Å². The summed E-state index contributed by atoms with van der Waals surface area (Å²) in [6, 6.07) is 6.60. The number of benzene rings is 1. The summed E-state index contributed by atoms with van der Waals surface area (Å²) in [5, 5.41) is 0. The Balaban J connectivity index is 2.26. The lowest BCUT2D eigenvalue weighted by Gasteiger charge is -2.16. The third-order valence-corrected chi connectivity index (χ3v) is 3.21. The van der Waals surface area contributed by atoms with E-state index in [0.29, 0.717) is 6.42 Å². The molecule has 2 rings (SSSR count). The molecule has 3 N–H and O–H groups in total. The summed E-state index contributed by atoms with van der Waals surface area (Å²) >= 11 is 0. The average Bonchev–Trinajstić information content (AvgIpc) is 2.77. The molecule has 96 valence electrons. The standard InChI is InChI=1S/C14H17FN2O/c1-9-3-4-12(15)7-11(9)8-14(17-16)13-5-6-18-10(13)2/h3-7,14,17H,8,16H2,1-2H3. The fourth-order valence-corrected chi connectivity index (χ4v) is 2.09. The molecule has 0 radical (unpaired) electrons. The van der Waals surface area contributed by atoms with Crippen LogP contribution in [0, 0.1) is 19.7 Å². The van der Waals surface area contributed by atoms with E-state index in [2.05, 4.69) is 5.43 Å². The first-order chi connectivity index (χ1) is 8.61. The van der Waals surface area contributed by atoms with Gasteiger partial charge in [0.1, 0.15) is 11.6 Å². The van der Waals surface area contributed by atoms with Gasteiger partial charge in [0.2, 0.25) is 0 Å². The summed E-state index contributed by atoms with van der Waals surface area (Å²) in [4.78, 5) is 0. The van der Waals surface area contributed by atoms with Crippen LogP contribution < -0.4 is 11.3 Å². The molecule has 0 saturated carbocycles. The van der Waals surface area contributed by atoms with Crippen molar-refractivity contribution in [1.82, 2.24) is 5.43 Å². The SMILES string of the molecule is Cc1ccc(F)cc1CC(NN)c1ccoc1C. The minimum atomic E-state index is -0.227. The molecule has 0 aliphatic rings. The number of halogens is 1. The first-order valence-corrected chi connectivity index (χ1v) is 5.87. The van der Waals surface area contributed by atoms with Crippen molar-refractivity contribution < 1.29 is 8.81 Å². The van der Waals surface area contributed by atoms with Crippen LogP contribution in [0.2, 0.25) is 0 Å². The predicted octanol–water partition coefficient (Wildman–Crippen LogP) is 2.78. The van der Waals surface area contributed by atoms with Gasteiger partial charge >= 0.3 is 0 Å². The zero-order chi connectivity index (χ0) is 13.1. The number of hydrogen-bond donors (Lipinski definition) is 2. The van der Waals surface area contributed by atoms with Gasteiger partial charge in [-0.3, -0.25) is 11.3 Å². The van der Waals surface area contributed by atoms with E-state index in [1.54, 1.807) is 18.4 Å². The summed E-state index contributed by atoms with van der Waals surface area (Å²) in [7, 11) is 0. The van der Waals surface area contributed by atoms with Crippen molar-refractivity contribution in [3.63, 3.8) is 0 Å². The Morgan fingerprint density at radius 2 is 2.11 bits per heavy atom. The number of furan rings is 1. The molecule has 18 heavy (non-hydrogen) atoms. The van der Waals surface area contributed by atoms with Gasteiger partial charge in [-0.1, -0.05) is 6.07 Å². The summed E-state index contributed by atoms with van der Waals surface area (Å²) in [6.45, 7) is 3.85. The molecule has 1 unspecified atom stereocenters. The number of hydrogen-bond acceptors (Lipinski definition) is 3. The highest BCUT2D eigenvalue weighted by molar-refractivity contribution is 5.30. The van der Waals surface area contributed by atoms with Gasteiger partial charge in [-0.2, -0.15) is 0 Å². The summed E-state index contributed by atoms with van der Waals surface area (Å²) in [5.74, 6) is 6.18. The van der Waals surface area contributed by atoms with E-state index < -0.39 is 0 Å². The molecule has 1 aromatic carbocycles. The zero-order valence-electron chi connectivity index (χ0n) is 10.5. The molecule has 0 aliphatic heterocycles. The number of rotatable bonds is 4. The molecule has 0 bridgehead atoms. The average molecular weight is 248 g/mol. The summed E-state index contributed by atoms with van der Waals surface area (Å²) < 4.78 is 18.5. The summed E-state index contributed by atoms with van der Waals surface area (Å²) in [6.07, 6.45) is 2.26. The predicted molar refractivity (Wildman–Crippen MR) is 68.4 cm³/mol. The van der Waals surface area contributed by atoms with Crippen LogP contribution in [0.15, 0.2) is 34.9 Å². The van der Waals surface area contributed by atoms with Crippen LogP contribution in [0.3, 0.4) is 0 Å². The first-order valence-electron chi connectivity index (χ1n) is 5.87. The first kappa shape index (κ1) is 12.8. The molecule has 0 aliphatic carbocycles. The number of nitrogens with one attached hydrogen (secondary N) is 1. The molecular formula is C14H17FN2O. The Hall–Kier alpha value is -1.65. The highest BCUT2D eigenvalue weighted by atomic mass is 19.1. The second kappa shape index (κ2) is 5.33. The second-order valence-electron chi connectivity index (χ2n) is 4.43. The van der Waals surface area contributed by atoms with Crippen molar-refractivity contribution in [3.05, 3.63) is 58.8 Å². The van der Waals surface area contributed by atoms with Gasteiger partial charge in [-0.25, -0.2) is 4.39 Å². The van der Waals surface area contributed by atoms with Crippen LogP contribution in [-0.4, -0.2) is 0 Å².